The first-order valence-electron chi connectivity index (χ1n) is 5.30. The molecule has 0 saturated heterocycles. The van der Waals surface area contributed by atoms with Crippen LogP contribution in [0, 0.1) is 12.3 Å². The fraction of sp³-hybridized carbons (Fsp3) is 0.636. The average Bonchev–Trinajstić information content (AvgIpc) is 2.67. The molecule has 0 aliphatic heterocycles. The molecule has 1 saturated carbocycles. The summed E-state index contributed by atoms with van der Waals surface area (Å²) in [6, 6.07) is -0.389. The summed E-state index contributed by atoms with van der Waals surface area (Å²) in [6.45, 7) is 0. The van der Waals surface area contributed by atoms with E-state index in [0.29, 0.717) is 18.1 Å². The molecule has 0 amide bonds. The molecule has 2 rings (SSSR count). The lowest BCUT2D eigenvalue weighted by Crippen LogP contribution is -2.37. The van der Waals surface area contributed by atoms with E-state index >= 15 is 0 Å². The SMILES string of the molecule is C#CCC(N)c1nc(C2(OC)CCC2)no1. The van der Waals surface area contributed by atoms with E-state index in [1.54, 1.807) is 7.11 Å². The first-order chi connectivity index (χ1) is 7.72. The summed E-state index contributed by atoms with van der Waals surface area (Å²) in [7, 11) is 1.66. The fourth-order valence-electron chi connectivity index (χ4n) is 1.80. The van der Waals surface area contributed by atoms with Gasteiger partial charge in [-0.15, -0.1) is 12.3 Å². The molecular weight excluding hydrogens is 206 g/mol. The Labute approximate surface area is 94.3 Å². The molecule has 16 heavy (non-hydrogen) atoms. The highest BCUT2D eigenvalue weighted by Crippen LogP contribution is 2.42. The van der Waals surface area contributed by atoms with Crippen LogP contribution in [0.1, 0.15) is 43.4 Å². The van der Waals surface area contributed by atoms with Crippen LogP contribution in [0.3, 0.4) is 0 Å². The summed E-state index contributed by atoms with van der Waals surface area (Å²) in [4.78, 5) is 4.27. The first-order valence-corrected chi connectivity index (χ1v) is 5.30. The van der Waals surface area contributed by atoms with Gasteiger partial charge in [-0.1, -0.05) is 5.16 Å². The molecule has 1 unspecified atom stereocenters. The van der Waals surface area contributed by atoms with E-state index in [9.17, 15) is 0 Å². The molecular formula is C11H15N3O2. The topological polar surface area (TPSA) is 74.2 Å². The van der Waals surface area contributed by atoms with Gasteiger partial charge < -0.3 is 15.0 Å². The van der Waals surface area contributed by atoms with Crippen LogP contribution in [0.2, 0.25) is 0 Å². The summed E-state index contributed by atoms with van der Waals surface area (Å²) in [5, 5.41) is 3.92. The average molecular weight is 221 g/mol. The predicted molar refractivity (Wildman–Crippen MR) is 57.2 cm³/mol. The predicted octanol–water partition coefficient (Wildman–Crippen LogP) is 1.12. The van der Waals surface area contributed by atoms with E-state index in [1.807, 2.05) is 0 Å². The fourth-order valence-corrected chi connectivity index (χ4v) is 1.80. The second kappa shape index (κ2) is 4.24. The van der Waals surface area contributed by atoms with E-state index in [-0.39, 0.29) is 11.6 Å². The van der Waals surface area contributed by atoms with Gasteiger partial charge in [0.1, 0.15) is 5.60 Å². The van der Waals surface area contributed by atoms with E-state index in [0.717, 1.165) is 19.3 Å². The zero-order chi connectivity index (χ0) is 11.6. The molecule has 1 atom stereocenters. The zero-order valence-corrected chi connectivity index (χ0v) is 9.27. The minimum Gasteiger partial charge on any atom is -0.370 e. The molecule has 1 aliphatic carbocycles. The Morgan fingerprint density at radius 3 is 2.94 bits per heavy atom. The Hall–Kier alpha value is -1.38. The Morgan fingerprint density at radius 1 is 1.69 bits per heavy atom. The van der Waals surface area contributed by atoms with E-state index < -0.39 is 0 Å². The molecule has 2 N–H and O–H groups in total. The quantitative estimate of drug-likeness (QED) is 0.771. The second-order valence-electron chi connectivity index (χ2n) is 4.02. The molecule has 5 nitrogen and oxygen atoms in total. The van der Waals surface area contributed by atoms with Gasteiger partial charge >= 0.3 is 0 Å². The normalized spacial score (nSPS) is 19.8. The number of nitrogens with zero attached hydrogens (tertiary/aromatic N) is 2. The van der Waals surface area contributed by atoms with Crippen molar-refractivity contribution in [3.8, 4) is 12.3 Å². The van der Waals surface area contributed by atoms with Gasteiger partial charge in [0.05, 0.1) is 6.04 Å². The van der Waals surface area contributed by atoms with Crippen molar-refractivity contribution in [1.82, 2.24) is 10.1 Å². The Bertz CT molecular complexity index is 398. The number of aromatic nitrogens is 2. The maximum Gasteiger partial charge on any atom is 0.244 e. The van der Waals surface area contributed by atoms with Gasteiger partial charge in [-0.2, -0.15) is 4.98 Å². The number of rotatable bonds is 4. The highest BCUT2D eigenvalue weighted by Gasteiger charge is 2.43. The molecule has 0 spiro atoms. The molecule has 1 heterocycles. The molecule has 0 radical (unpaired) electrons. The molecule has 86 valence electrons. The number of terminal acetylenes is 1. The summed E-state index contributed by atoms with van der Waals surface area (Å²) in [5.41, 5.74) is 5.42. The van der Waals surface area contributed by atoms with Gasteiger partial charge in [0, 0.05) is 13.5 Å². The van der Waals surface area contributed by atoms with Crippen LogP contribution in [-0.4, -0.2) is 17.3 Å². The Balaban J connectivity index is 2.16. The minimum absolute atomic E-state index is 0.363. The van der Waals surface area contributed by atoms with Gasteiger partial charge in [0.2, 0.25) is 11.7 Å². The van der Waals surface area contributed by atoms with E-state index in [2.05, 4.69) is 16.1 Å². The summed E-state index contributed by atoms with van der Waals surface area (Å²) < 4.78 is 10.5. The second-order valence-corrected chi connectivity index (χ2v) is 4.02. The van der Waals surface area contributed by atoms with Crippen LogP contribution in [0.15, 0.2) is 4.52 Å². The van der Waals surface area contributed by atoms with E-state index in [4.69, 9.17) is 21.4 Å². The number of hydrogen-bond donors (Lipinski definition) is 1. The number of methoxy groups -OCH3 is 1. The number of nitrogens with two attached hydrogens (primary N) is 1. The van der Waals surface area contributed by atoms with E-state index in [1.165, 1.54) is 0 Å². The lowest BCUT2D eigenvalue weighted by Gasteiger charge is -2.37. The van der Waals surface area contributed by atoms with Crippen molar-refractivity contribution in [3.05, 3.63) is 11.7 Å². The zero-order valence-electron chi connectivity index (χ0n) is 9.27. The van der Waals surface area contributed by atoms with Gasteiger partial charge in [0.15, 0.2) is 0 Å². The third-order valence-corrected chi connectivity index (χ3v) is 3.06. The van der Waals surface area contributed by atoms with Crippen molar-refractivity contribution < 1.29 is 9.26 Å². The van der Waals surface area contributed by atoms with Crippen LogP contribution in [0.4, 0.5) is 0 Å². The van der Waals surface area contributed by atoms with Crippen LogP contribution in [-0.2, 0) is 10.3 Å². The van der Waals surface area contributed by atoms with Gasteiger partial charge in [-0.3, -0.25) is 0 Å². The molecule has 1 aromatic rings. The monoisotopic (exact) mass is 221 g/mol. The van der Waals surface area contributed by atoms with Crippen LogP contribution < -0.4 is 5.73 Å². The highest BCUT2D eigenvalue weighted by molar-refractivity contribution is 5.08. The van der Waals surface area contributed by atoms with Crippen molar-refractivity contribution in [2.24, 2.45) is 5.73 Å². The van der Waals surface area contributed by atoms with Crippen LogP contribution >= 0.6 is 0 Å². The smallest absolute Gasteiger partial charge is 0.244 e. The minimum atomic E-state index is -0.389. The summed E-state index contributed by atoms with van der Waals surface area (Å²) in [5.74, 6) is 3.44. The van der Waals surface area contributed by atoms with Crippen LogP contribution in [0.25, 0.3) is 0 Å². The van der Waals surface area contributed by atoms with Crippen LogP contribution in [0.5, 0.6) is 0 Å². The largest absolute Gasteiger partial charge is 0.370 e. The maximum absolute atomic E-state index is 5.78. The Morgan fingerprint density at radius 2 is 2.44 bits per heavy atom. The summed E-state index contributed by atoms with van der Waals surface area (Å²) >= 11 is 0. The number of ether oxygens (including phenoxy) is 1. The van der Waals surface area contributed by atoms with Crippen molar-refractivity contribution in [1.29, 1.82) is 0 Å². The van der Waals surface area contributed by atoms with Crippen molar-refractivity contribution >= 4 is 0 Å². The third kappa shape index (κ3) is 1.70. The molecule has 0 bridgehead atoms. The first kappa shape index (κ1) is 11.1. The lowest BCUT2D eigenvalue weighted by atomic mass is 9.79. The number of hydrogen-bond acceptors (Lipinski definition) is 5. The molecule has 1 fully saturated rings. The maximum atomic E-state index is 5.78. The Kier molecular flexibility index (Phi) is 2.95. The standard InChI is InChI=1S/C11H15N3O2/c1-3-5-8(12)9-13-10(14-16-9)11(15-2)6-4-7-11/h1,8H,4-7,12H2,2H3. The lowest BCUT2D eigenvalue weighted by molar-refractivity contribution is -0.0858. The molecule has 5 heteroatoms. The van der Waals surface area contributed by atoms with Crippen molar-refractivity contribution in [2.45, 2.75) is 37.3 Å². The molecule has 1 aliphatic rings. The van der Waals surface area contributed by atoms with Crippen molar-refractivity contribution in [3.63, 3.8) is 0 Å². The highest BCUT2D eigenvalue weighted by atomic mass is 16.5. The van der Waals surface area contributed by atoms with Gasteiger partial charge in [0.25, 0.3) is 0 Å². The van der Waals surface area contributed by atoms with Gasteiger partial charge in [-0.25, -0.2) is 0 Å². The molecule has 0 aromatic carbocycles. The van der Waals surface area contributed by atoms with Gasteiger partial charge in [-0.05, 0) is 19.3 Å². The summed E-state index contributed by atoms with van der Waals surface area (Å²) in [6.07, 6.45) is 8.53. The molecule has 1 aromatic heterocycles. The third-order valence-electron chi connectivity index (χ3n) is 3.06. The van der Waals surface area contributed by atoms with Crippen molar-refractivity contribution in [2.75, 3.05) is 7.11 Å².